The van der Waals surface area contributed by atoms with Crippen molar-refractivity contribution in [3.8, 4) is 34.1 Å². The van der Waals surface area contributed by atoms with E-state index in [9.17, 15) is 9.59 Å². The van der Waals surface area contributed by atoms with E-state index < -0.39 is 5.97 Å². The van der Waals surface area contributed by atoms with Crippen LogP contribution in [-0.4, -0.2) is 26.3 Å². The van der Waals surface area contributed by atoms with Crippen molar-refractivity contribution in [3.05, 3.63) is 81.7 Å². The maximum atomic E-state index is 13.6. The van der Waals surface area contributed by atoms with Gasteiger partial charge in [-0.05, 0) is 66.9 Å². The maximum absolute atomic E-state index is 13.6. The van der Waals surface area contributed by atoms with E-state index in [-0.39, 0.29) is 5.43 Å². The Morgan fingerprint density at radius 3 is 2.44 bits per heavy atom. The van der Waals surface area contributed by atoms with E-state index in [2.05, 4.69) is 0 Å². The monoisotopic (exact) mass is 486 g/mol. The van der Waals surface area contributed by atoms with E-state index in [1.54, 1.807) is 50.4 Å². The first kappa shape index (κ1) is 23.5. The number of rotatable bonds is 5. The van der Waals surface area contributed by atoms with Gasteiger partial charge in [0.05, 0.1) is 36.8 Å². The summed E-state index contributed by atoms with van der Waals surface area (Å²) in [4.78, 5) is 26.4. The molecule has 0 radical (unpaired) electrons. The molecule has 0 bridgehead atoms. The second-order valence-corrected chi connectivity index (χ2v) is 8.50. The van der Waals surface area contributed by atoms with Crippen LogP contribution in [0.3, 0.4) is 0 Å². The summed E-state index contributed by atoms with van der Waals surface area (Å²) >= 11 is 0. The fourth-order valence-electron chi connectivity index (χ4n) is 4.29. The van der Waals surface area contributed by atoms with Crippen LogP contribution in [0.4, 0.5) is 0 Å². The molecule has 0 atom stereocenters. The second kappa shape index (κ2) is 9.77. The lowest BCUT2D eigenvalue weighted by molar-refractivity contribution is 0.0733. The number of ether oxygens (including phenoxy) is 4. The van der Waals surface area contributed by atoms with Gasteiger partial charge in [-0.2, -0.15) is 0 Å². The van der Waals surface area contributed by atoms with Crippen LogP contribution in [-0.2, 0) is 6.42 Å². The zero-order valence-corrected chi connectivity index (χ0v) is 20.4. The molecule has 0 saturated heterocycles. The number of carbonyl (C=O) groups excluding carboxylic acids is 1. The molecular weight excluding hydrogens is 460 g/mol. The minimum atomic E-state index is -0.505. The summed E-state index contributed by atoms with van der Waals surface area (Å²) in [6, 6.07) is 15.5. The Bertz CT molecular complexity index is 1500. The average molecular weight is 487 g/mol. The molecule has 0 aliphatic carbocycles. The molecule has 0 N–H and O–H groups in total. The molecule has 7 heteroatoms. The fraction of sp³-hybridized carbons (Fsp3) is 0.241. The Hall–Kier alpha value is -4.26. The number of esters is 1. The summed E-state index contributed by atoms with van der Waals surface area (Å²) in [6.07, 6.45) is 1.36. The van der Waals surface area contributed by atoms with Crippen LogP contribution in [0.1, 0.15) is 35.0 Å². The van der Waals surface area contributed by atoms with Gasteiger partial charge in [-0.1, -0.05) is 13.0 Å². The predicted octanol–water partition coefficient (Wildman–Crippen LogP) is 5.72. The van der Waals surface area contributed by atoms with Crippen molar-refractivity contribution in [1.82, 2.24) is 0 Å². The SMILES string of the molecule is CCc1cc2c(=O)c(-c3ccc4c(c3)OCCCO4)c(C)oc2cc1OC(=O)c1ccc(OC)cc1. The van der Waals surface area contributed by atoms with Crippen LogP contribution < -0.4 is 24.4 Å². The summed E-state index contributed by atoms with van der Waals surface area (Å²) in [5.74, 6) is 2.23. The smallest absolute Gasteiger partial charge is 0.343 e. The molecule has 0 fully saturated rings. The van der Waals surface area contributed by atoms with Gasteiger partial charge >= 0.3 is 5.97 Å². The number of methoxy groups -OCH3 is 1. The normalized spacial score (nSPS) is 12.8. The van der Waals surface area contributed by atoms with Crippen molar-refractivity contribution >= 4 is 16.9 Å². The van der Waals surface area contributed by atoms with Gasteiger partial charge in [-0.15, -0.1) is 0 Å². The van der Waals surface area contributed by atoms with Crippen LogP contribution in [0.15, 0.2) is 63.8 Å². The third kappa shape index (κ3) is 4.40. The van der Waals surface area contributed by atoms with Gasteiger partial charge in [0.25, 0.3) is 0 Å². The molecule has 1 aliphatic heterocycles. The molecule has 3 aromatic carbocycles. The number of carbonyl (C=O) groups is 1. The van der Waals surface area contributed by atoms with Gasteiger partial charge < -0.3 is 23.4 Å². The highest BCUT2D eigenvalue weighted by atomic mass is 16.5. The minimum Gasteiger partial charge on any atom is -0.497 e. The van der Waals surface area contributed by atoms with Crippen molar-refractivity contribution in [2.75, 3.05) is 20.3 Å². The van der Waals surface area contributed by atoms with E-state index in [1.807, 2.05) is 25.1 Å². The molecule has 5 rings (SSSR count). The first-order chi connectivity index (χ1) is 17.5. The van der Waals surface area contributed by atoms with E-state index in [0.29, 0.717) is 76.1 Å². The number of aryl methyl sites for hydroxylation is 2. The van der Waals surface area contributed by atoms with Gasteiger partial charge in [0.15, 0.2) is 11.5 Å². The minimum absolute atomic E-state index is 0.161. The first-order valence-corrected chi connectivity index (χ1v) is 11.8. The lowest BCUT2D eigenvalue weighted by Crippen LogP contribution is -2.12. The highest BCUT2D eigenvalue weighted by molar-refractivity contribution is 5.92. The third-order valence-electron chi connectivity index (χ3n) is 6.19. The van der Waals surface area contributed by atoms with E-state index >= 15 is 0 Å². The standard InChI is InChI=1S/C29H26O7/c1-4-18-14-22-25(16-24(18)36-29(31)19-6-9-21(32-3)10-7-19)35-17(2)27(28(22)30)20-8-11-23-26(15-20)34-13-5-12-33-23/h6-11,14-16H,4-5,12-13H2,1-3H3. The molecule has 0 saturated carbocycles. The third-order valence-corrected chi connectivity index (χ3v) is 6.19. The topological polar surface area (TPSA) is 84.2 Å². The molecule has 0 spiro atoms. The summed E-state index contributed by atoms with van der Waals surface area (Å²) in [5.41, 5.74) is 2.46. The molecule has 0 amide bonds. The Kier molecular flexibility index (Phi) is 6.38. The quantitative estimate of drug-likeness (QED) is 0.263. The molecule has 36 heavy (non-hydrogen) atoms. The van der Waals surface area contributed by atoms with Crippen molar-refractivity contribution in [1.29, 1.82) is 0 Å². The van der Waals surface area contributed by atoms with Gasteiger partial charge in [-0.25, -0.2) is 4.79 Å². The second-order valence-electron chi connectivity index (χ2n) is 8.50. The van der Waals surface area contributed by atoms with Gasteiger partial charge in [0.1, 0.15) is 22.8 Å². The predicted molar refractivity (Wildman–Crippen MR) is 136 cm³/mol. The number of fused-ring (bicyclic) bond motifs is 2. The lowest BCUT2D eigenvalue weighted by atomic mass is 10.0. The number of hydrogen-bond acceptors (Lipinski definition) is 7. The molecule has 1 aliphatic rings. The lowest BCUT2D eigenvalue weighted by Gasteiger charge is -2.13. The summed E-state index contributed by atoms with van der Waals surface area (Å²) in [5, 5.41) is 0.420. The average Bonchev–Trinajstić information content (AvgIpc) is 3.13. The summed E-state index contributed by atoms with van der Waals surface area (Å²) < 4.78 is 28.4. The van der Waals surface area contributed by atoms with E-state index in [1.165, 1.54) is 0 Å². The summed E-state index contributed by atoms with van der Waals surface area (Å²) in [7, 11) is 1.56. The summed E-state index contributed by atoms with van der Waals surface area (Å²) in [6.45, 7) is 4.83. The van der Waals surface area contributed by atoms with Crippen LogP contribution in [0.2, 0.25) is 0 Å². The highest BCUT2D eigenvalue weighted by Gasteiger charge is 2.20. The highest BCUT2D eigenvalue weighted by Crippen LogP contribution is 2.36. The fourth-order valence-corrected chi connectivity index (χ4v) is 4.29. The Balaban J connectivity index is 1.54. The van der Waals surface area contributed by atoms with Crippen LogP contribution in [0.5, 0.6) is 23.0 Å². The molecule has 184 valence electrons. The molecular formula is C29H26O7. The first-order valence-electron chi connectivity index (χ1n) is 11.8. The number of hydrogen-bond donors (Lipinski definition) is 0. The zero-order chi connectivity index (χ0) is 25.2. The molecule has 2 heterocycles. The Morgan fingerprint density at radius 1 is 0.972 bits per heavy atom. The van der Waals surface area contributed by atoms with Crippen LogP contribution in [0.25, 0.3) is 22.1 Å². The van der Waals surface area contributed by atoms with E-state index in [4.69, 9.17) is 23.4 Å². The van der Waals surface area contributed by atoms with Crippen molar-refractivity contribution in [2.24, 2.45) is 0 Å². The van der Waals surface area contributed by atoms with Crippen LogP contribution >= 0.6 is 0 Å². The van der Waals surface area contributed by atoms with Gasteiger partial charge in [0, 0.05) is 12.5 Å². The zero-order valence-electron chi connectivity index (χ0n) is 20.4. The maximum Gasteiger partial charge on any atom is 0.343 e. The molecule has 0 unspecified atom stereocenters. The molecule has 1 aromatic heterocycles. The Morgan fingerprint density at radius 2 is 1.72 bits per heavy atom. The van der Waals surface area contributed by atoms with Crippen LogP contribution in [0, 0.1) is 6.92 Å². The Labute approximate surface area is 208 Å². The van der Waals surface area contributed by atoms with Crippen molar-refractivity contribution in [3.63, 3.8) is 0 Å². The van der Waals surface area contributed by atoms with Crippen molar-refractivity contribution in [2.45, 2.75) is 26.7 Å². The van der Waals surface area contributed by atoms with Gasteiger partial charge in [0.2, 0.25) is 5.43 Å². The largest absolute Gasteiger partial charge is 0.497 e. The molecule has 7 nitrogen and oxygen atoms in total. The number of benzene rings is 3. The van der Waals surface area contributed by atoms with Crippen molar-refractivity contribution < 1.29 is 28.2 Å². The molecule has 4 aromatic rings. The van der Waals surface area contributed by atoms with Gasteiger partial charge in [-0.3, -0.25) is 4.79 Å². The van der Waals surface area contributed by atoms with E-state index in [0.717, 1.165) is 12.0 Å².